The summed E-state index contributed by atoms with van der Waals surface area (Å²) < 4.78 is 0. The van der Waals surface area contributed by atoms with E-state index in [1.54, 1.807) is 0 Å². The summed E-state index contributed by atoms with van der Waals surface area (Å²) in [6.07, 6.45) is 7.22. The molecule has 0 saturated heterocycles. The van der Waals surface area contributed by atoms with Crippen molar-refractivity contribution in [2.75, 3.05) is 0 Å². The first-order chi connectivity index (χ1) is 5.12. The van der Waals surface area contributed by atoms with Crippen LogP contribution in [0.3, 0.4) is 0 Å². The van der Waals surface area contributed by atoms with Crippen LogP contribution in [0.15, 0.2) is 12.2 Å². The van der Waals surface area contributed by atoms with Gasteiger partial charge < -0.3 is 0 Å². The van der Waals surface area contributed by atoms with E-state index in [1.165, 1.54) is 24.9 Å². The zero-order chi connectivity index (χ0) is 8.74. The van der Waals surface area contributed by atoms with Gasteiger partial charge in [-0.2, -0.15) is 0 Å². The van der Waals surface area contributed by atoms with Crippen LogP contribution in [-0.2, 0) is 0 Å². The molecule has 0 aliphatic carbocycles. The number of hydrogen-bond acceptors (Lipinski definition) is 0. The average Bonchev–Trinajstić information content (AvgIpc) is 1.87. The van der Waals surface area contributed by atoms with Crippen molar-refractivity contribution in [2.45, 2.75) is 51.9 Å². The molecule has 0 amide bonds. The van der Waals surface area contributed by atoms with Gasteiger partial charge in [0.05, 0.1) is 8.07 Å². The zero-order valence-corrected chi connectivity index (χ0v) is 9.48. The minimum absolute atomic E-state index is 0.827. The zero-order valence-electron chi connectivity index (χ0n) is 8.48. The van der Waals surface area contributed by atoms with Crippen LogP contribution in [0.25, 0.3) is 0 Å². The van der Waals surface area contributed by atoms with E-state index in [0.29, 0.717) is 0 Å². The van der Waals surface area contributed by atoms with Crippen LogP contribution >= 0.6 is 0 Å². The summed E-state index contributed by atoms with van der Waals surface area (Å²) in [5, 5.41) is 0. The van der Waals surface area contributed by atoms with Gasteiger partial charge in [0.15, 0.2) is 0 Å². The molecule has 0 unspecified atom stereocenters. The Labute approximate surface area is 72.7 Å². The first kappa shape index (κ1) is 11.0. The van der Waals surface area contributed by atoms with Gasteiger partial charge in [-0.1, -0.05) is 51.6 Å². The Morgan fingerprint density at radius 1 is 1.09 bits per heavy atom. The summed E-state index contributed by atoms with van der Waals surface area (Å²) in [4.78, 5) is 0. The fourth-order valence-corrected chi connectivity index (χ4v) is 3.71. The maximum Gasteiger partial charge on any atom is 0.0511 e. The molecule has 0 nitrogen and oxygen atoms in total. The topological polar surface area (TPSA) is 0 Å². The quantitative estimate of drug-likeness (QED) is 0.431. The van der Waals surface area contributed by atoms with Crippen LogP contribution in [0.2, 0.25) is 25.2 Å². The van der Waals surface area contributed by atoms with Gasteiger partial charge in [-0.25, -0.2) is 0 Å². The van der Waals surface area contributed by atoms with E-state index in [2.05, 4.69) is 39.1 Å². The van der Waals surface area contributed by atoms with Crippen LogP contribution in [0.4, 0.5) is 0 Å². The van der Waals surface area contributed by atoms with Gasteiger partial charge in [-0.15, -0.1) is 0 Å². The number of hydrogen-bond donors (Lipinski definition) is 0. The Morgan fingerprint density at radius 3 is 2.18 bits per heavy atom. The molecule has 0 fully saturated rings. The molecule has 0 bridgehead atoms. The molecule has 0 N–H and O–H groups in total. The minimum Gasteiger partial charge on any atom is -0.0912 e. The fraction of sp³-hybridized carbons (Fsp3) is 0.800. The standard InChI is InChI=1S/C10H22Si/c1-5-7-8-10-11(3,4)9-6-2/h7-8H,5-6,9-10H2,1-4H3. The highest BCUT2D eigenvalue weighted by Crippen LogP contribution is 2.17. The predicted octanol–water partition coefficient (Wildman–Crippen LogP) is 4.07. The molecule has 0 heterocycles. The highest BCUT2D eigenvalue weighted by molar-refractivity contribution is 6.77. The highest BCUT2D eigenvalue weighted by atomic mass is 28.3. The van der Waals surface area contributed by atoms with Crippen molar-refractivity contribution in [3.63, 3.8) is 0 Å². The van der Waals surface area contributed by atoms with Crippen LogP contribution in [-0.4, -0.2) is 8.07 Å². The number of rotatable bonds is 5. The lowest BCUT2D eigenvalue weighted by molar-refractivity contribution is 1.04. The highest BCUT2D eigenvalue weighted by Gasteiger charge is 2.16. The van der Waals surface area contributed by atoms with Crippen molar-refractivity contribution in [3.05, 3.63) is 12.2 Å². The van der Waals surface area contributed by atoms with Gasteiger partial charge in [0.1, 0.15) is 0 Å². The third-order valence-corrected chi connectivity index (χ3v) is 5.19. The summed E-state index contributed by atoms with van der Waals surface area (Å²) in [6.45, 7) is 9.45. The smallest absolute Gasteiger partial charge is 0.0511 e. The van der Waals surface area contributed by atoms with Crippen molar-refractivity contribution < 1.29 is 0 Å². The summed E-state index contributed by atoms with van der Waals surface area (Å²) in [5.41, 5.74) is 0. The maximum absolute atomic E-state index is 2.48. The largest absolute Gasteiger partial charge is 0.0912 e. The second-order valence-electron chi connectivity index (χ2n) is 4.00. The van der Waals surface area contributed by atoms with Gasteiger partial charge in [0.2, 0.25) is 0 Å². The molecular weight excluding hydrogens is 148 g/mol. The molecule has 0 aromatic rings. The van der Waals surface area contributed by atoms with Crippen LogP contribution in [0.1, 0.15) is 26.7 Å². The summed E-state index contributed by atoms with van der Waals surface area (Å²) in [5.74, 6) is 0. The Bertz CT molecular complexity index is 114. The third kappa shape index (κ3) is 6.36. The summed E-state index contributed by atoms with van der Waals surface area (Å²) in [6, 6.07) is 2.84. The van der Waals surface area contributed by atoms with Crippen molar-refractivity contribution in [1.82, 2.24) is 0 Å². The molecule has 0 aliphatic rings. The molecule has 0 spiro atoms. The van der Waals surface area contributed by atoms with Gasteiger partial charge in [-0.3, -0.25) is 0 Å². The van der Waals surface area contributed by atoms with Crippen LogP contribution < -0.4 is 0 Å². The van der Waals surface area contributed by atoms with E-state index in [9.17, 15) is 0 Å². The monoisotopic (exact) mass is 170 g/mol. The number of allylic oxidation sites excluding steroid dienone is 2. The van der Waals surface area contributed by atoms with Gasteiger partial charge >= 0.3 is 0 Å². The lowest BCUT2D eigenvalue weighted by atomic mass is 10.4. The molecule has 0 rings (SSSR count). The molecule has 0 atom stereocenters. The van der Waals surface area contributed by atoms with Gasteiger partial charge in [-0.05, 0) is 12.5 Å². The lowest BCUT2D eigenvalue weighted by Gasteiger charge is -2.18. The molecule has 1 heteroatoms. The fourth-order valence-electron chi connectivity index (χ4n) is 1.35. The molecule has 0 aromatic heterocycles. The Kier molecular flexibility index (Phi) is 5.57. The lowest BCUT2D eigenvalue weighted by Crippen LogP contribution is -2.23. The van der Waals surface area contributed by atoms with E-state index in [4.69, 9.17) is 0 Å². The Balaban J connectivity index is 3.62. The molecule has 0 aliphatic heterocycles. The van der Waals surface area contributed by atoms with Gasteiger partial charge in [0.25, 0.3) is 0 Å². The Hall–Kier alpha value is -0.0431. The first-order valence-corrected chi connectivity index (χ1v) is 8.19. The van der Waals surface area contributed by atoms with E-state index in [0.717, 1.165) is 0 Å². The molecule has 0 radical (unpaired) electrons. The van der Waals surface area contributed by atoms with Crippen LogP contribution in [0.5, 0.6) is 0 Å². The van der Waals surface area contributed by atoms with Crippen molar-refractivity contribution in [3.8, 4) is 0 Å². The predicted molar refractivity (Wildman–Crippen MR) is 56.8 cm³/mol. The first-order valence-electron chi connectivity index (χ1n) is 4.77. The third-order valence-electron chi connectivity index (χ3n) is 2.00. The Morgan fingerprint density at radius 2 is 1.73 bits per heavy atom. The van der Waals surface area contributed by atoms with Crippen molar-refractivity contribution in [2.24, 2.45) is 0 Å². The molecule has 0 aromatic carbocycles. The summed E-state index contributed by atoms with van der Waals surface area (Å²) >= 11 is 0. The second-order valence-corrected chi connectivity index (χ2v) is 9.23. The average molecular weight is 170 g/mol. The second kappa shape index (κ2) is 5.59. The normalized spacial score (nSPS) is 12.7. The molecule has 66 valence electrons. The van der Waals surface area contributed by atoms with E-state index in [1.807, 2.05) is 0 Å². The van der Waals surface area contributed by atoms with E-state index >= 15 is 0 Å². The molecule has 0 saturated carbocycles. The van der Waals surface area contributed by atoms with Crippen LogP contribution in [0, 0.1) is 0 Å². The van der Waals surface area contributed by atoms with E-state index < -0.39 is 8.07 Å². The molecular formula is C10H22Si. The van der Waals surface area contributed by atoms with Crippen molar-refractivity contribution in [1.29, 1.82) is 0 Å². The minimum atomic E-state index is -0.827. The summed E-state index contributed by atoms with van der Waals surface area (Å²) in [7, 11) is -0.827. The SMILES string of the molecule is CCC=CC[Si](C)(C)CCC. The van der Waals surface area contributed by atoms with E-state index in [-0.39, 0.29) is 0 Å². The maximum atomic E-state index is 2.48. The van der Waals surface area contributed by atoms with Crippen molar-refractivity contribution >= 4 is 8.07 Å². The van der Waals surface area contributed by atoms with Gasteiger partial charge in [0, 0.05) is 0 Å². The molecule has 11 heavy (non-hydrogen) atoms.